The second-order valence-electron chi connectivity index (χ2n) is 3.75. The average molecular weight is 180 g/mol. The van der Waals surface area contributed by atoms with Crippen LogP contribution < -0.4 is 0 Å². The molecule has 0 saturated heterocycles. The summed E-state index contributed by atoms with van der Waals surface area (Å²) in [5.41, 5.74) is 0.827. The lowest BCUT2D eigenvalue weighted by Crippen LogP contribution is -1.98. The van der Waals surface area contributed by atoms with Crippen LogP contribution in [0.25, 0.3) is 0 Å². The lowest BCUT2D eigenvalue weighted by atomic mass is 10.0. The van der Waals surface area contributed by atoms with Gasteiger partial charge in [-0.15, -0.1) is 0 Å². The molecule has 1 aliphatic carbocycles. The maximum atomic E-state index is 12.5. The fourth-order valence-corrected chi connectivity index (χ4v) is 1.49. The van der Waals surface area contributed by atoms with Crippen molar-refractivity contribution in [1.82, 2.24) is 0 Å². The molecule has 2 heteroatoms. The van der Waals surface area contributed by atoms with E-state index in [9.17, 15) is 9.50 Å². The second kappa shape index (κ2) is 3.46. The van der Waals surface area contributed by atoms with Crippen LogP contribution >= 0.6 is 0 Å². The van der Waals surface area contributed by atoms with Gasteiger partial charge in [-0.3, -0.25) is 0 Å². The Morgan fingerprint density at radius 1 is 1.31 bits per heavy atom. The van der Waals surface area contributed by atoms with E-state index < -0.39 is 6.10 Å². The SMILES string of the molecule is O[C@@H](CC1CC1)c1ccc(F)cc1. The van der Waals surface area contributed by atoms with E-state index in [4.69, 9.17) is 0 Å². The predicted octanol–water partition coefficient (Wildman–Crippen LogP) is 2.66. The molecule has 0 aliphatic heterocycles. The van der Waals surface area contributed by atoms with E-state index in [1.54, 1.807) is 12.1 Å². The van der Waals surface area contributed by atoms with Gasteiger partial charge in [-0.25, -0.2) is 4.39 Å². The average Bonchev–Trinajstić information content (AvgIpc) is 2.89. The highest BCUT2D eigenvalue weighted by molar-refractivity contribution is 5.18. The summed E-state index contributed by atoms with van der Waals surface area (Å²) in [6.07, 6.45) is 2.88. The summed E-state index contributed by atoms with van der Waals surface area (Å²) in [7, 11) is 0. The van der Waals surface area contributed by atoms with Crippen molar-refractivity contribution in [3.05, 3.63) is 35.6 Å². The Morgan fingerprint density at radius 3 is 2.46 bits per heavy atom. The molecule has 13 heavy (non-hydrogen) atoms. The van der Waals surface area contributed by atoms with Crippen molar-refractivity contribution in [1.29, 1.82) is 0 Å². The first-order chi connectivity index (χ1) is 6.25. The highest BCUT2D eigenvalue weighted by atomic mass is 19.1. The van der Waals surface area contributed by atoms with E-state index in [0.717, 1.165) is 12.0 Å². The Kier molecular flexibility index (Phi) is 2.32. The first kappa shape index (κ1) is 8.70. The van der Waals surface area contributed by atoms with Gasteiger partial charge in [-0.2, -0.15) is 0 Å². The normalized spacial score (nSPS) is 18.6. The number of aliphatic hydroxyl groups is 1. The maximum Gasteiger partial charge on any atom is 0.123 e. The Morgan fingerprint density at radius 2 is 1.92 bits per heavy atom. The Hall–Kier alpha value is -0.890. The number of hydrogen-bond acceptors (Lipinski definition) is 1. The summed E-state index contributed by atoms with van der Waals surface area (Å²) in [6.45, 7) is 0. The third-order valence-electron chi connectivity index (χ3n) is 2.51. The van der Waals surface area contributed by atoms with Gasteiger partial charge in [0.2, 0.25) is 0 Å². The molecule has 0 heterocycles. The lowest BCUT2D eigenvalue weighted by Gasteiger charge is -2.09. The third kappa shape index (κ3) is 2.28. The maximum absolute atomic E-state index is 12.5. The summed E-state index contributed by atoms with van der Waals surface area (Å²) < 4.78 is 12.5. The van der Waals surface area contributed by atoms with Gasteiger partial charge in [0.25, 0.3) is 0 Å². The largest absolute Gasteiger partial charge is 0.388 e. The van der Waals surface area contributed by atoms with Crippen LogP contribution in [0.5, 0.6) is 0 Å². The van der Waals surface area contributed by atoms with Gasteiger partial charge >= 0.3 is 0 Å². The minimum Gasteiger partial charge on any atom is -0.388 e. The number of hydrogen-bond donors (Lipinski definition) is 1. The summed E-state index contributed by atoms with van der Waals surface area (Å²) in [5.74, 6) is 0.447. The molecule has 0 unspecified atom stereocenters. The Balaban J connectivity index is 2.01. The summed E-state index contributed by atoms with van der Waals surface area (Å²) in [5, 5.41) is 9.70. The van der Waals surface area contributed by atoms with Gasteiger partial charge in [0.1, 0.15) is 5.82 Å². The highest BCUT2D eigenvalue weighted by Gasteiger charge is 2.24. The molecule has 1 atom stereocenters. The molecule has 0 aromatic heterocycles. The molecular formula is C11H13FO. The minimum atomic E-state index is -0.409. The fraction of sp³-hybridized carbons (Fsp3) is 0.455. The van der Waals surface area contributed by atoms with Crippen molar-refractivity contribution in [2.75, 3.05) is 0 Å². The van der Waals surface area contributed by atoms with Crippen molar-refractivity contribution in [3.63, 3.8) is 0 Å². The topological polar surface area (TPSA) is 20.2 Å². The van der Waals surface area contributed by atoms with Gasteiger partial charge in [0, 0.05) is 0 Å². The fourth-order valence-electron chi connectivity index (χ4n) is 1.49. The Bertz CT molecular complexity index is 277. The van der Waals surface area contributed by atoms with E-state index in [2.05, 4.69) is 0 Å². The summed E-state index contributed by atoms with van der Waals surface area (Å²) in [6, 6.07) is 6.10. The van der Waals surface area contributed by atoms with Gasteiger partial charge < -0.3 is 5.11 Å². The van der Waals surface area contributed by atoms with E-state index >= 15 is 0 Å². The molecule has 1 aromatic carbocycles. The van der Waals surface area contributed by atoms with Crippen LogP contribution in [0.4, 0.5) is 4.39 Å². The van der Waals surface area contributed by atoms with Crippen LogP contribution in [0, 0.1) is 11.7 Å². The number of aliphatic hydroxyl groups excluding tert-OH is 1. The van der Waals surface area contributed by atoms with E-state index in [0.29, 0.717) is 5.92 Å². The van der Waals surface area contributed by atoms with Crippen molar-refractivity contribution in [3.8, 4) is 0 Å². The van der Waals surface area contributed by atoms with Crippen molar-refractivity contribution < 1.29 is 9.50 Å². The monoisotopic (exact) mass is 180 g/mol. The molecule has 1 aromatic rings. The van der Waals surface area contributed by atoms with Gasteiger partial charge in [-0.1, -0.05) is 25.0 Å². The zero-order valence-corrected chi connectivity index (χ0v) is 7.41. The van der Waals surface area contributed by atoms with Gasteiger partial charge in [-0.05, 0) is 30.0 Å². The molecule has 0 amide bonds. The molecular weight excluding hydrogens is 167 g/mol. The van der Waals surface area contributed by atoms with Gasteiger partial charge in [0.05, 0.1) is 6.10 Å². The predicted molar refractivity (Wildman–Crippen MR) is 48.7 cm³/mol. The molecule has 1 N–H and O–H groups in total. The molecule has 1 nitrogen and oxygen atoms in total. The van der Waals surface area contributed by atoms with Crippen molar-refractivity contribution in [2.45, 2.75) is 25.4 Å². The van der Waals surface area contributed by atoms with Crippen LogP contribution in [0.15, 0.2) is 24.3 Å². The van der Waals surface area contributed by atoms with Crippen LogP contribution in [0.2, 0.25) is 0 Å². The lowest BCUT2D eigenvalue weighted by molar-refractivity contribution is 0.160. The Labute approximate surface area is 77.2 Å². The molecule has 1 fully saturated rings. The number of benzene rings is 1. The molecule has 1 aliphatic rings. The van der Waals surface area contributed by atoms with Crippen LogP contribution in [-0.2, 0) is 0 Å². The van der Waals surface area contributed by atoms with E-state index in [1.807, 2.05) is 0 Å². The summed E-state index contributed by atoms with van der Waals surface area (Å²) >= 11 is 0. The minimum absolute atomic E-state index is 0.248. The molecule has 0 radical (unpaired) electrons. The molecule has 1 saturated carbocycles. The zero-order valence-electron chi connectivity index (χ0n) is 7.41. The van der Waals surface area contributed by atoms with Crippen LogP contribution in [0.3, 0.4) is 0 Å². The van der Waals surface area contributed by atoms with E-state index in [-0.39, 0.29) is 5.82 Å². The molecule has 2 rings (SSSR count). The van der Waals surface area contributed by atoms with Gasteiger partial charge in [0.15, 0.2) is 0 Å². The number of rotatable bonds is 3. The quantitative estimate of drug-likeness (QED) is 0.758. The van der Waals surface area contributed by atoms with E-state index in [1.165, 1.54) is 25.0 Å². The first-order valence-corrected chi connectivity index (χ1v) is 4.69. The van der Waals surface area contributed by atoms with Crippen LogP contribution in [0.1, 0.15) is 30.9 Å². The smallest absolute Gasteiger partial charge is 0.123 e. The third-order valence-corrected chi connectivity index (χ3v) is 2.51. The molecule has 0 spiro atoms. The second-order valence-corrected chi connectivity index (χ2v) is 3.75. The number of halogens is 1. The van der Waals surface area contributed by atoms with Crippen LogP contribution in [-0.4, -0.2) is 5.11 Å². The zero-order chi connectivity index (χ0) is 9.26. The standard InChI is InChI=1S/C11H13FO/c12-10-5-3-9(4-6-10)11(13)7-8-1-2-8/h3-6,8,11,13H,1-2,7H2/t11-/m0/s1. The first-order valence-electron chi connectivity index (χ1n) is 4.69. The van der Waals surface area contributed by atoms with Crippen molar-refractivity contribution >= 4 is 0 Å². The highest BCUT2D eigenvalue weighted by Crippen LogP contribution is 2.37. The van der Waals surface area contributed by atoms with Crippen molar-refractivity contribution in [2.24, 2.45) is 5.92 Å². The molecule has 0 bridgehead atoms. The molecule has 70 valence electrons. The summed E-state index contributed by atoms with van der Waals surface area (Å²) in [4.78, 5) is 0.